The largest absolute Gasteiger partial charge is 0.452 e. The predicted octanol–water partition coefficient (Wildman–Crippen LogP) is 5.38. The quantitative estimate of drug-likeness (QED) is 0.324. The molecule has 2 aliphatic heterocycles. The van der Waals surface area contributed by atoms with Crippen LogP contribution in [0, 0.1) is 5.92 Å². The standard InChI is InChI=1S/C31H39NO5S/c1-5-12-25-19-26(35-4)20-27(36-25)17-24(33)18-28(34)32-29(21(2)3)31(37-30(32)38,22-13-8-6-9-14-22)23-15-10-7-11-16-23/h5-11,13-16,21,24-27,29,33H,1,12,17-20H2,2-4H3/t24-,25+,26-,27+,29-/m0/s1. The summed E-state index contributed by atoms with van der Waals surface area (Å²) in [5.74, 6) is -0.238. The van der Waals surface area contributed by atoms with E-state index in [-0.39, 0.29) is 47.8 Å². The number of hydrogen-bond donors (Lipinski definition) is 1. The molecule has 0 radical (unpaired) electrons. The molecule has 2 aliphatic rings. The molecular weight excluding hydrogens is 498 g/mol. The third-order valence-electron chi connectivity index (χ3n) is 7.59. The maximum Gasteiger partial charge on any atom is 0.267 e. The maximum absolute atomic E-state index is 13.8. The SMILES string of the molecule is C=CC[C@@H]1C[C@H](OC)C[C@@H](C[C@H](O)CC(=O)N2C(=S)OC(c3ccccc3)(c3ccccc3)[C@@H]2C(C)C)O1. The van der Waals surface area contributed by atoms with E-state index in [1.54, 1.807) is 12.0 Å². The molecule has 4 rings (SSSR count). The Morgan fingerprint density at radius 3 is 2.24 bits per heavy atom. The molecule has 2 heterocycles. The summed E-state index contributed by atoms with van der Waals surface area (Å²) in [5, 5.41) is 11.1. The lowest BCUT2D eigenvalue weighted by Crippen LogP contribution is -2.50. The van der Waals surface area contributed by atoms with Gasteiger partial charge >= 0.3 is 0 Å². The van der Waals surface area contributed by atoms with E-state index in [1.807, 2.05) is 66.7 Å². The highest BCUT2D eigenvalue weighted by molar-refractivity contribution is 7.80. The van der Waals surface area contributed by atoms with Gasteiger partial charge in [-0.1, -0.05) is 80.6 Å². The van der Waals surface area contributed by atoms with Gasteiger partial charge in [0, 0.05) is 31.1 Å². The first kappa shape index (κ1) is 28.4. The van der Waals surface area contributed by atoms with Gasteiger partial charge in [0.25, 0.3) is 5.17 Å². The number of nitrogens with zero attached hydrogens (tertiary/aromatic N) is 1. The number of ether oxygens (including phenoxy) is 3. The summed E-state index contributed by atoms with van der Waals surface area (Å²) in [6.07, 6.45) is 3.29. The topological polar surface area (TPSA) is 68.2 Å². The molecule has 38 heavy (non-hydrogen) atoms. The fraction of sp³-hybridized carbons (Fsp3) is 0.484. The number of hydrogen-bond acceptors (Lipinski definition) is 6. The van der Waals surface area contributed by atoms with Gasteiger partial charge in [0.1, 0.15) is 0 Å². The molecule has 0 aromatic heterocycles. The number of thiocarbonyl (C=S) groups is 1. The second-order valence-corrected chi connectivity index (χ2v) is 11.0. The van der Waals surface area contributed by atoms with E-state index in [0.717, 1.165) is 24.0 Å². The molecule has 2 saturated heterocycles. The fourth-order valence-electron chi connectivity index (χ4n) is 6.00. The van der Waals surface area contributed by atoms with Gasteiger partial charge in [-0.25, -0.2) is 0 Å². The molecule has 6 nitrogen and oxygen atoms in total. The van der Waals surface area contributed by atoms with Crippen LogP contribution in [0.2, 0.25) is 0 Å². The summed E-state index contributed by atoms with van der Waals surface area (Å²) in [5.41, 5.74) is 0.903. The highest BCUT2D eigenvalue weighted by atomic mass is 32.1. The van der Waals surface area contributed by atoms with Crippen molar-refractivity contribution >= 4 is 23.3 Å². The number of aliphatic hydroxyl groups is 1. The smallest absolute Gasteiger partial charge is 0.267 e. The van der Waals surface area contributed by atoms with Gasteiger partial charge in [0.15, 0.2) is 5.60 Å². The van der Waals surface area contributed by atoms with E-state index in [4.69, 9.17) is 26.4 Å². The van der Waals surface area contributed by atoms with Crippen LogP contribution < -0.4 is 0 Å². The van der Waals surface area contributed by atoms with Gasteiger partial charge in [-0.05, 0) is 31.0 Å². The van der Waals surface area contributed by atoms with E-state index >= 15 is 0 Å². The minimum absolute atomic E-state index is 0.00124. The molecule has 2 aromatic rings. The van der Waals surface area contributed by atoms with Crippen molar-refractivity contribution in [1.82, 2.24) is 4.90 Å². The molecule has 0 saturated carbocycles. The van der Waals surface area contributed by atoms with Gasteiger partial charge in [0.05, 0.1) is 36.9 Å². The third kappa shape index (κ3) is 5.86. The van der Waals surface area contributed by atoms with E-state index < -0.39 is 11.7 Å². The van der Waals surface area contributed by atoms with Gasteiger partial charge in [-0.15, -0.1) is 6.58 Å². The Kier molecular flexibility index (Phi) is 9.36. The van der Waals surface area contributed by atoms with Crippen LogP contribution in [0.4, 0.5) is 0 Å². The van der Waals surface area contributed by atoms with Crippen LogP contribution in [-0.2, 0) is 24.6 Å². The van der Waals surface area contributed by atoms with E-state index in [2.05, 4.69) is 20.4 Å². The molecule has 0 spiro atoms. The van der Waals surface area contributed by atoms with Crippen molar-refractivity contribution in [1.29, 1.82) is 0 Å². The van der Waals surface area contributed by atoms with Crippen LogP contribution >= 0.6 is 12.2 Å². The van der Waals surface area contributed by atoms with E-state index in [1.165, 1.54) is 0 Å². The van der Waals surface area contributed by atoms with Gasteiger partial charge < -0.3 is 19.3 Å². The molecule has 1 amide bonds. The molecule has 0 unspecified atom stereocenters. The van der Waals surface area contributed by atoms with Crippen molar-refractivity contribution in [3.05, 3.63) is 84.4 Å². The molecule has 1 N–H and O–H groups in total. The number of methoxy groups -OCH3 is 1. The number of carbonyl (C=O) groups is 1. The van der Waals surface area contributed by atoms with Crippen molar-refractivity contribution in [2.75, 3.05) is 7.11 Å². The van der Waals surface area contributed by atoms with Crippen molar-refractivity contribution in [3.63, 3.8) is 0 Å². The molecule has 2 aromatic carbocycles. The third-order valence-corrected chi connectivity index (χ3v) is 7.87. The number of amides is 1. The zero-order valence-corrected chi connectivity index (χ0v) is 23.3. The Labute approximate surface area is 231 Å². The number of rotatable bonds is 10. The molecule has 204 valence electrons. The summed E-state index contributed by atoms with van der Waals surface area (Å²) < 4.78 is 18.3. The average Bonchev–Trinajstić information content (AvgIpc) is 3.24. The second-order valence-electron chi connectivity index (χ2n) is 10.6. The second kappa shape index (κ2) is 12.5. The van der Waals surface area contributed by atoms with E-state index in [0.29, 0.717) is 12.8 Å². The summed E-state index contributed by atoms with van der Waals surface area (Å²) in [7, 11) is 1.70. The highest BCUT2D eigenvalue weighted by Crippen LogP contribution is 2.47. The minimum atomic E-state index is -0.954. The molecule has 5 atom stereocenters. The Hall–Kier alpha value is -2.58. The van der Waals surface area contributed by atoms with E-state index in [9.17, 15) is 9.90 Å². The van der Waals surface area contributed by atoms with Crippen molar-refractivity contribution in [3.8, 4) is 0 Å². The van der Waals surface area contributed by atoms with Crippen molar-refractivity contribution < 1.29 is 24.1 Å². The van der Waals surface area contributed by atoms with Crippen molar-refractivity contribution in [2.24, 2.45) is 5.92 Å². The lowest BCUT2D eigenvalue weighted by molar-refractivity contribution is -0.134. The van der Waals surface area contributed by atoms with Crippen LogP contribution in [0.15, 0.2) is 73.3 Å². The Morgan fingerprint density at radius 2 is 1.71 bits per heavy atom. The molecular formula is C31H39NO5S. The summed E-state index contributed by atoms with van der Waals surface area (Å²) in [4.78, 5) is 15.4. The number of carbonyl (C=O) groups excluding carboxylic acids is 1. The molecule has 0 bridgehead atoms. The van der Waals surface area contributed by atoms with Crippen LogP contribution in [0.5, 0.6) is 0 Å². The minimum Gasteiger partial charge on any atom is -0.452 e. The monoisotopic (exact) mass is 537 g/mol. The van der Waals surface area contributed by atoms with Crippen LogP contribution in [0.25, 0.3) is 0 Å². The predicted molar refractivity (Wildman–Crippen MR) is 152 cm³/mol. The average molecular weight is 538 g/mol. The van der Waals surface area contributed by atoms with Gasteiger partial charge in [-0.3, -0.25) is 9.69 Å². The van der Waals surface area contributed by atoms with Crippen LogP contribution in [0.3, 0.4) is 0 Å². The van der Waals surface area contributed by atoms with Gasteiger partial charge in [0.2, 0.25) is 5.91 Å². The Bertz CT molecular complexity index is 1050. The summed E-state index contributed by atoms with van der Waals surface area (Å²) in [6, 6.07) is 19.5. The first-order chi connectivity index (χ1) is 18.3. The number of aliphatic hydroxyl groups excluding tert-OH is 1. The lowest BCUT2D eigenvalue weighted by atomic mass is 9.75. The molecule has 2 fully saturated rings. The fourth-order valence-corrected chi connectivity index (χ4v) is 6.35. The zero-order valence-electron chi connectivity index (χ0n) is 22.5. The van der Waals surface area contributed by atoms with Crippen molar-refractivity contribution in [2.45, 2.75) is 82.0 Å². The maximum atomic E-state index is 13.8. The lowest BCUT2D eigenvalue weighted by Gasteiger charge is -2.38. The Balaban J connectivity index is 1.57. The molecule has 7 heteroatoms. The highest BCUT2D eigenvalue weighted by Gasteiger charge is 2.57. The summed E-state index contributed by atoms with van der Waals surface area (Å²) >= 11 is 5.70. The van der Waals surface area contributed by atoms with Crippen LogP contribution in [0.1, 0.15) is 57.1 Å². The van der Waals surface area contributed by atoms with Crippen LogP contribution in [-0.4, -0.2) is 58.7 Å². The normalized spacial score (nSPS) is 25.7. The Morgan fingerprint density at radius 1 is 1.13 bits per heavy atom. The number of benzene rings is 2. The zero-order chi connectivity index (χ0) is 27.3. The molecule has 0 aliphatic carbocycles. The van der Waals surface area contributed by atoms with Gasteiger partial charge in [-0.2, -0.15) is 0 Å². The first-order valence-corrected chi connectivity index (χ1v) is 13.8. The summed E-state index contributed by atoms with van der Waals surface area (Å²) in [6.45, 7) is 7.95. The first-order valence-electron chi connectivity index (χ1n) is 13.4.